The molecule has 7 nitrogen and oxygen atoms in total. The van der Waals surface area contributed by atoms with Gasteiger partial charge in [0.25, 0.3) is 5.56 Å². The zero-order chi connectivity index (χ0) is 21.8. The smallest absolute Gasteiger partial charge is 0.262 e. The van der Waals surface area contributed by atoms with Gasteiger partial charge in [0.1, 0.15) is 24.9 Å². The van der Waals surface area contributed by atoms with E-state index >= 15 is 0 Å². The Kier molecular flexibility index (Phi) is 6.32. The summed E-state index contributed by atoms with van der Waals surface area (Å²) in [6, 6.07) is 15.8. The van der Waals surface area contributed by atoms with E-state index < -0.39 is 5.91 Å². The second-order valence-electron chi connectivity index (χ2n) is 8.16. The summed E-state index contributed by atoms with van der Waals surface area (Å²) in [7, 11) is 1.67. The number of hydrogen-bond acceptors (Lipinski definition) is 4. The van der Waals surface area contributed by atoms with Crippen LogP contribution in [0.1, 0.15) is 43.1 Å². The van der Waals surface area contributed by atoms with Crippen molar-refractivity contribution in [2.24, 2.45) is 5.73 Å². The van der Waals surface area contributed by atoms with E-state index in [1.54, 1.807) is 19.2 Å². The van der Waals surface area contributed by atoms with Crippen molar-refractivity contribution in [3.63, 3.8) is 0 Å². The minimum absolute atomic E-state index is 0.160. The minimum Gasteiger partial charge on any atom is -0.497 e. The van der Waals surface area contributed by atoms with Crippen LogP contribution in [-0.2, 0) is 17.9 Å². The van der Waals surface area contributed by atoms with Crippen molar-refractivity contribution in [3.8, 4) is 5.75 Å². The summed E-state index contributed by atoms with van der Waals surface area (Å²) in [5.74, 6) is 0.904. The van der Waals surface area contributed by atoms with Crippen LogP contribution in [0.25, 0.3) is 10.9 Å². The van der Waals surface area contributed by atoms with Crippen molar-refractivity contribution in [3.05, 3.63) is 70.3 Å². The molecule has 3 aromatic rings. The molecule has 162 valence electrons. The summed E-state index contributed by atoms with van der Waals surface area (Å²) in [5.41, 5.74) is 7.16. The number of ether oxygens (including phenoxy) is 1. The monoisotopic (exact) mass is 421 g/mol. The zero-order valence-corrected chi connectivity index (χ0v) is 17.8. The Morgan fingerprint density at radius 1 is 1.16 bits per heavy atom. The van der Waals surface area contributed by atoms with E-state index in [2.05, 4.69) is 12.1 Å². The normalized spacial score (nSPS) is 19.1. The molecule has 0 spiro atoms. The molecule has 1 aliphatic heterocycles. The highest BCUT2D eigenvalue weighted by Crippen LogP contribution is 2.22. The predicted octanol–water partition coefficient (Wildman–Crippen LogP) is 1.59. The second-order valence-corrected chi connectivity index (χ2v) is 8.16. The van der Waals surface area contributed by atoms with Crippen LogP contribution in [0.4, 0.5) is 0 Å². The second kappa shape index (κ2) is 9.31. The van der Waals surface area contributed by atoms with E-state index in [9.17, 15) is 9.59 Å². The van der Waals surface area contributed by atoms with Gasteiger partial charge in [0.2, 0.25) is 5.91 Å². The van der Waals surface area contributed by atoms with Gasteiger partial charge in [-0.1, -0.05) is 12.1 Å². The van der Waals surface area contributed by atoms with Gasteiger partial charge in [0.05, 0.1) is 24.6 Å². The average molecular weight is 422 g/mol. The molecule has 2 atom stereocenters. The van der Waals surface area contributed by atoms with Gasteiger partial charge in [-0.3, -0.25) is 14.2 Å². The van der Waals surface area contributed by atoms with Gasteiger partial charge in [-0.05, 0) is 55.7 Å². The third-order valence-electron chi connectivity index (χ3n) is 6.14. The predicted molar refractivity (Wildman–Crippen MR) is 119 cm³/mol. The van der Waals surface area contributed by atoms with Crippen molar-refractivity contribution in [2.45, 2.75) is 44.8 Å². The maximum atomic E-state index is 13.1. The van der Waals surface area contributed by atoms with E-state index in [0.717, 1.165) is 25.1 Å². The molecule has 31 heavy (non-hydrogen) atoms. The number of hydrogen-bond donors (Lipinski definition) is 2. The Hall–Kier alpha value is -3.19. The fourth-order valence-electron chi connectivity index (χ4n) is 4.58. The van der Waals surface area contributed by atoms with E-state index in [1.165, 1.54) is 27.9 Å². The van der Waals surface area contributed by atoms with Gasteiger partial charge in [-0.15, -0.1) is 0 Å². The standard InChI is InChI=1S/C24H28N4O3/c1-31-18-12-10-17(11-13-18)21-9-3-2-6-14-27(21)16-23-26-20-8-5-4-7-19(20)24(30)28(23)15-22(25)29/h4-5,7-8,10-13,21H,2-3,6,9,14-16H2,1H3,(H2,25,29)/p+1/t21-/m0/s1. The summed E-state index contributed by atoms with van der Waals surface area (Å²) >= 11 is 0. The first-order valence-electron chi connectivity index (χ1n) is 10.8. The Morgan fingerprint density at radius 2 is 1.94 bits per heavy atom. The Bertz CT molecular complexity index is 1120. The molecule has 1 fully saturated rings. The highest BCUT2D eigenvalue weighted by molar-refractivity contribution is 5.78. The molecule has 0 bridgehead atoms. The van der Waals surface area contributed by atoms with Crippen LogP contribution in [0.2, 0.25) is 0 Å². The van der Waals surface area contributed by atoms with Crippen molar-refractivity contribution in [1.82, 2.24) is 9.55 Å². The SMILES string of the molecule is COc1ccc([C@@H]2CCCCC[NH+]2Cc2nc3ccccc3c(=O)n2CC(N)=O)cc1. The fraction of sp³-hybridized carbons (Fsp3) is 0.375. The molecular formula is C24H29N4O3+. The lowest BCUT2D eigenvalue weighted by molar-refractivity contribution is -0.945. The molecule has 0 radical (unpaired) electrons. The van der Waals surface area contributed by atoms with Crippen LogP contribution in [0.3, 0.4) is 0 Å². The number of nitrogens with one attached hydrogen (secondary N) is 1. The highest BCUT2D eigenvalue weighted by atomic mass is 16.5. The minimum atomic E-state index is -0.544. The zero-order valence-electron chi connectivity index (χ0n) is 17.8. The molecule has 1 aliphatic rings. The number of carbonyl (C=O) groups is 1. The maximum Gasteiger partial charge on any atom is 0.262 e. The van der Waals surface area contributed by atoms with Gasteiger partial charge in [0.15, 0.2) is 5.82 Å². The number of methoxy groups -OCH3 is 1. The van der Waals surface area contributed by atoms with Gasteiger partial charge in [0, 0.05) is 12.0 Å². The molecule has 1 aromatic heterocycles. The van der Waals surface area contributed by atoms with Crippen LogP contribution in [0.15, 0.2) is 53.3 Å². The molecule has 4 rings (SSSR count). The summed E-state index contributed by atoms with van der Waals surface area (Å²) in [6.45, 7) is 1.38. The van der Waals surface area contributed by atoms with Crippen molar-refractivity contribution in [1.29, 1.82) is 0 Å². The maximum absolute atomic E-state index is 13.1. The first-order valence-corrected chi connectivity index (χ1v) is 10.8. The number of nitrogens with zero attached hydrogens (tertiary/aromatic N) is 2. The lowest BCUT2D eigenvalue weighted by Crippen LogP contribution is -3.11. The molecule has 1 unspecified atom stereocenters. The number of para-hydroxylation sites is 1. The highest BCUT2D eigenvalue weighted by Gasteiger charge is 2.28. The lowest BCUT2D eigenvalue weighted by Gasteiger charge is -2.28. The summed E-state index contributed by atoms with van der Waals surface area (Å²) < 4.78 is 6.76. The lowest BCUT2D eigenvalue weighted by atomic mass is 10.0. The van der Waals surface area contributed by atoms with Crippen LogP contribution in [0.5, 0.6) is 5.75 Å². The third-order valence-corrected chi connectivity index (χ3v) is 6.14. The number of rotatable bonds is 6. The number of likely N-dealkylation sites (tertiary alicyclic amines) is 1. The van der Waals surface area contributed by atoms with E-state index in [4.69, 9.17) is 15.5 Å². The Labute approximate surface area is 181 Å². The van der Waals surface area contributed by atoms with Gasteiger partial charge in [-0.2, -0.15) is 0 Å². The van der Waals surface area contributed by atoms with Gasteiger partial charge in [-0.25, -0.2) is 4.98 Å². The largest absolute Gasteiger partial charge is 0.497 e. The number of primary amides is 1. The topological polar surface area (TPSA) is 91.7 Å². The number of nitrogens with two attached hydrogens (primary N) is 1. The molecule has 1 saturated heterocycles. The average Bonchev–Trinajstić information content (AvgIpc) is 3.02. The Balaban J connectivity index is 1.73. The van der Waals surface area contributed by atoms with E-state index in [1.807, 2.05) is 24.3 Å². The van der Waals surface area contributed by atoms with Gasteiger partial charge >= 0.3 is 0 Å². The quantitative estimate of drug-likeness (QED) is 0.632. The third kappa shape index (κ3) is 4.61. The number of amides is 1. The summed E-state index contributed by atoms with van der Waals surface area (Å²) in [5, 5.41) is 0.505. The van der Waals surface area contributed by atoms with E-state index in [-0.39, 0.29) is 12.1 Å². The number of fused-ring (bicyclic) bond motifs is 1. The number of carbonyl (C=O) groups excluding carboxylic acids is 1. The summed E-state index contributed by atoms with van der Waals surface area (Å²) in [6.07, 6.45) is 4.54. The molecule has 0 saturated carbocycles. The van der Waals surface area contributed by atoms with E-state index in [0.29, 0.717) is 29.3 Å². The first-order chi connectivity index (χ1) is 15.1. The Morgan fingerprint density at radius 3 is 2.68 bits per heavy atom. The molecular weight excluding hydrogens is 392 g/mol. The first kappa shape index (κ1) is 21.1. The van der Waals surface area contributed by atoms with Crippen molar-refractivity contribution < 1.29 is 14.4 Å². The molecule has 2 heterocycles. The van der Waals surface area contributed by atoms with Crippen molar-refractivity contribution >= 4 is 16.8 Å². The van der Waals surface area contributed by atoms with Crippen LogP contribution in [-0.4, -0.2) is 29.1 Å². The number of aromatic nitrogens is 2. The fourth-order valence-corrected chi connectivity index (χ4v) is 4.58. The molecule has 7 heteroatoms. The molecule has 0 aliphatic carbocycles. The molecule has 3 N–H and O–H groups in total. The van der Waals surface area contributed by atoms with Gasteiger partial charge < -0.3 is 15.4 Å². The van der Waals surface area contributed by atoms with Crippen LogP contribution < -0.4 is 20.9 Å². The molecule has 1 amide bonds. The van der Waals surface area contributed by atoms with Crippen LogP contribution >= 0.6 is 0 Å². The van der Waals surface area contributed by atoms with Crippen molar-refractivity contribution in [2.75, 3.05) is 13.7 Å². The summed E-state index contributed by atoms with van der Waals surface area (Å²) in [4.78, 5) is 31.0. The number of benzene rings is 2. The number of quaternary nitrogens is 1. The van der Waals surface area contributed by atoms with Crippen LogP contribution in [0, 0.1) is 0 Å². The molecule has 2 aromatic carbocycles.